The molecule has 1 aliphatic rings. The Bertz CT molecular complexity index is 847. The maximum absolute atomic E-state index is 13.0. The van der Waals surface area contributed by atoms with Gasteiger partial charge in [0.25, 0.3) is 11.8 Å². The van der Waals surface area contributed by atoms with E-state index in [2.05, 4.69) is 16.9 Å². The molecule has 0 saturated carbocycles. The molecule has 2 aromatic rings. The molecular formula is C19H19ClFN3O3. The molecule has 27 heavy (non-hydrogen) atoms. The summed E-state index contributed by atoms with van der Waals surface area (Å²) in [6.07, 6.45) is 1.97. The van der Waals surface area contributed by atoms with Gasteiger partial charge in [-0.15, -0.1) is 0 Å². The molecule has 0 aliphatic carbocycles. The van der Waals surface area contributed by atoms with E-state index >= 15 is 0 Å². The maximum Gasteiger partial charge on any atom is 0.276 e. The molecule has 2 amide bonds. The Morgan fingerprint density at radius 2 is 1.93 bits per heavy atom. The van der Waals surface area contributed by atoms with Crippen LogP contribution in [0.2, 0.25) is 5.02 Å². The van der Waals surface area contributed by atoms with Crippen LogP contribution in [0.3, 0.4) is 0 Å². The second-order valence-corrected chi connectivity index (χ2v) is 6.52. The van der Waals surface area contributed by atoms with E-state index in [4.69, 9.17) is 16.3 Å². The summed E-state index contributed by atoms with van der Waals surface area (Å²) in [7, 11) is 0. The van der Waals surface area contributed by atoms with Crippen molar-refractivity contribution in [1.82, 2.24) is 10.9 Å². The minimum absolute atomic E-state index is 0.0654. The number of carbonyl (C=O) groups is 2. The second-order valence-electron chi connectivity index (χ2n) is 6.11. The van der Waals surface area contributed by atoms with Crippen LogP contribution in [-0.4, -0.2) is 31.5 Å². The van der Waals surface area contributed by atoms with Crippen LogP contribution in [0.1, 0.15) is 12.0 Å². The summed E-state index contributed by atoms with van der Waals surface area (Å²) in [5, 5.41) is 0.0654. The fourth-order valence-electron chi connectivity index (χ4n) is 2.90. The van der Waals surface area contributed by atoms with E-state index in [-0.39, 0.29) is 29.8 Å². The van der Waals surface area contributed by atoms with E-state index in [9.17, 15) is 14.0 Å². The maximum atomic E-state index is 13.0. The van der Waals surface area contributed by atoms with Crippen LogP contribution in [0.4, 0.5) is 10.1 Å². The standard InChI is InChI=1S/C19H19ClFN3O3/c20-15-10-14(21)7-8-17(15)27-12-19(26)23-22-18(25)11-24-9-3-5-13-4-1-2-6-16(13)24/h1-2,4,6-8,10H,3,5,9,11-12H2,(H,22,25)(H,23,26). The van der Waals surface area contributed by atoms with Crippen molar-refractivity contribution in [3.8, 4) is 5.75 Å². The van der Waals surface area contributed by atoms with Crippen LogP contribution in [0.5, 0.6) is 5.75 Å². The van der Waals surface area contributed by atoms with Gasteiger partial charge in [0.05, 0.1) is 11.6 Å². The van der Waals surface area contributed by atoms with E-state index in [0.29, 0.717) is 0 Å². The molecular weight excluding hydrogens is 373 g/mol. The van der Waals surface area contributed by atoms with E-state index in [1.807, 2.05) is 23.1 Å². The fraction of sp³-hybridized carbons (Fsp3) is 0.263. The number of amides is 2. The van der Waals surface area contributed by atoms with Gasteiger partial charge in [0, 0.05) is 12.2 Å². The average Bonchev–Trinajstić information content (AvgIpc) is 2.66. The third-order valence-electron chi connectivity index (χ3n) is 4.13. The third-order valence-corrected chi connectivity index (χ3v) is 4.43. The Labute approximate surface area is 161 Å². The number of para-hydroxylation sites is 1. The fourth-order valence-corrected chi connectivity index (χ4v) is 3.12. The Kier molecular flexibility index (Phi) is 6.13. The van der Waals surface area contributed by atoms with Crippen molar-refractivity contribution < 1.29 is 18.7 Å². The number of hydrazine groups is 1. The number of ether oxygens (including phenoxy) is 1. The SMILES string of the molecule is O=C(COc1ccc(F)cc1Cl)NNC(=O)CN1CCCc2ccccc21. The zero-order valence-corrected chi connectivity index (χ0v) is 15.3. The molecule has 0 bridgehead atoms. The number of nitrogens with one attached hydrogen (secondary N) is 2. The first-order valence-corrected chi connectivity index (χ1v) is 8.89. The van der Waals surface area contributed by atoms with E-state index in [1.165, 1.54) is 17.7 Å². The number of anilines is 1. The monoisotopic (exact) mass is 391 g/mol. The molecule has 3 rings (SSSR count). The largest absolute Gasteiger partial charge is 0.482 e. The molecule has 1 aliphatic heterocycles. The highest BCUT2D eigenvalue weighted by molar-refractivity contribution is 6.32. The number of halogens is 2. The van der Waals surface area contributed by atoms with Gasteiger partial charge < -0.3 is 9.64 Å². The molecule has 0 aromatic heterocycles. The third kappa shape index (κ3) is 5.10. The van der Waals surface area contributed by atoms with Crippen LogP contribution < -0.4 is 20.5 Å². The molecule has 0 atom stereocenters. The van der Waals surface area contributed by atoms with Crippen molar-refractivity contribution in [3.05, 3.63) is 58.9 Å². The van der Waals surface area contributed by atoms with Gasteiger partial charge in [-0.2, -0.15) is 0 Å². The van der Waals surface area contributed by atoms with Crippen LogP contribution in [-0.2, 0) is 16.0 Å². The Balaban J connectivity index is 1.45. The topological polar surface area (TPSA) is 70.7 Å². The van der Waals surface area contributed by atoms with Crippen molar-refractivity contribution in [2.45, 2.75) is 12.8 Å². The average molecular weight is 392 g/mol. The van der Waals surface area contributed by atoms with Crippen LogP contribution in [0, 0.1) is 5.82 Å². The molecule has 8 heteroatoms. The van der Waals surface area contributed by atoms with Crippen LogP contribution >= 0.6 is 11.6 Å². The highest BCUT2D eigenvalue weighted by atomic mass is 35.5. The van der Waals surface area contributed by atoms with Crippen LogP contribution in [0.25, 0.3) is 0 Å². The lowest BCUT2D eigenvalue weighted by molar-refractivity contribution is -0.129. The molecule has 0 spiro atoms. The summed E-state index contributed by atoms with van der Waals surface area (Å²) >= 11 is 5.82. The Morgan fingerprint density at radius 3 is 2.74 bits per heavy atom. The summed E-state index contributed by atoms with van der Waals surface area (Å²) in [5.41, 5.74) is 6.91. The first kappa shape index (κ1) is 19.0. The number of benzene rings is 2. The predicted octanol–water partition coefficient (Wildman–Crippen LogP) is 2.46. The molecule has 1 heterocycles. The molecule has 0 unspecified atom stereocenters. The number of nitrogens with zero attached hydrogens (tertiary/aromatic N) is 1. The lowest BCUT2D eigenvalue weighted by atomic mass is 10.0. The predicted molar refractivity (Wildman–Crippen MR) is 100 cm³/mol. The zero-order valence-electron chi connectivity index (χ0n) is 14.5. The van der Waals surface area contributed by atoms with Crippen molar-refractivity contribution in [3.63, 3.8) is 0 Å². The summed E-state index contributed by atoms with van der Waals surface area (Å²) in [4.78, 5) is 25.9. The van der Waals surface area contributed by atoms with E-state index < -0.39 is 11.7 Å². The number of carbonyl (C=O) groups excluding carboxylic acids is 2. The van der Waals surface area contributed by atoms with Gasteiger partial charge >= 0.3 is 0 Å². The van der Waals surface area contributed by atoms with E-state index in [0.717, 1.165) is 31.1 Å². The quantitative estimate of drug-likeness (QED) is 0.768. The number of aryl methyl sites for hydroxylation is 1. The highest BCUT2D eigenvalue weighted by Crippen LogP contribution is 2.26. The zero-order chi connectivity index (χ0) is 19.2. The number of rotatable bonds is 5. The molecule has 2 N–H and O–H groups in total. The van der Waals surface area contributed by atoms with Gasteiger partial charge in [-0.25, -0.2) is 4.39 Å². The summed E-state index contributed by atoms with van der Waals surface area (Å²) in [6, 6.07) is 11.6. The van der Waals surface area contributed by atoms with Gasteiger partial charge in [-0.3, -0.25) is 20.4 Å². The van der Waals surface area contributed by atoms with Crippen molar-refractivity contribution in [2.75, 3.05) is 24.6 Å². The van der Waals surface area contributed by atoms with Gasteiger partial charge in [0.2, 0.25) is 0 Å². The van der Waals surface area contributed by atoms with Gasteiger partial charge in [-0.05, 0) is 42.7 Å². The Morgan fingerprint density at radius 1 is 1.15 bits per heavy atom. The van der Waals surface area contributed by atoms with Gasteiger partial charge in [-0.1, -0.05) is 29.8 Å². The lowest BCUT2D eigenvalue weighted by Crippen LogP contribution is -2.48. The number of fused-ring (bicyclic) bond motifs is 1. The van der Waals surface area contributed by atoms with Gasteiger partial charge in [0.15, 0.2) is 6.61 Å². The van der Waals surface area contributed by atoms with Crippen molar-refractivity contribution in [1.29, 1.82) is 0 Å². The molecule has 0 radical (unpaired) electrons. The Hall–Kier alpha value is -2.80. The summed E-state index contributed by atoms with van der Waals surface area (Å²) in [5.74, 6) is -1.20. The number of hydrogen-bond donors (Lipinski definition) is 2. The first-order valence-electron chi connectivity index (χ1n) is 8.51. The van der Waals surface area contributed by atoms with Crippen molar-refractivity contribution >= 4 is 29.1 Å². The molecule has 0 saturated heterocycles. The normalized spacial score (nSPS) is 12.9. The smallest absolute Gasteiger partial charge is 0.276 e. The molecule has 142 valence electrons. The minimum Gasteiger partial charge on any atom is -0.482 e. The summed E-state index contributed by atoms with van der Waals surface area (Å²) in [6.45, 7) is 0.560. The van der Waals surface area contributed by atoms with Gasteiger partial charge in [0.1, 0.15) is 11.6 Å². The molecule has 0 fully saturated rings. The van der Waals surface area contributed by atoms with E-state index in [1.54, 1.807) is 0 Å². The molecule has 6 nitrogen and oxygen atoms in total. The molecule has 2 aromatic carbocycles. The first-order chi connectivity index (χ1) is 13.0. The lowest BCUT2D eigenvalue weighted by Gasteiger charge is -2.30. The summed E-state index contributed by atoms with van der Waals surface area (Å²) < 4.78 is 18.2. The minimum atomic E-state index is -0.553. The highest BCUT2D eigenvalue weighted by Gasteiger charge is 2.18. The number of hydrogen-bond acceptors (Lipinski definition) is 4. The second kappa shape index (κ2) is 8.73. The van der Waals surface area contributed by atoms with Crippen LogP contribution in [0.15, 0.2) is 42.5 Å². The van der Waals surface area contributed by atoms with Crippen molar-refractivity contribution in [2.24, 2.45) is 0 Å².